The van der Waals surface area contributed by atoms with E-state index < -0.39 is 23.9 Å². The molecule has 3 aromatic rings. The van der Waals surface area contributed by atoms with Gasteiger partial charge in [0.05, 0.1) is 36.3 Å². The largest absolute Gasteiger partial charge is 0.462 e. The molecule has 0 aliphatic carbocycles. The number of nitrogens with zero attached hydrogens (tertiary/aromatic N) is 7. The molecule has 13 heteroatoms. The number of aromatic nitrogens is 2. The Labute approximate surface area is 272 Å². The van der Waals surface area contributed by atoms with Gasteiger partial charge >= 0.3 is 18.3 Å². The summed E-state index contributed by atoms with van der Waals surface area (Å²) < 4.78 is 53.5. The van der Waals surface area contributed by atoms with Crippen molar-refractivity contribution < 1.29 is 27.4 Å². The topological polar surface area (TPSA) is 98.1 Å². The number of likely N-dealkylation sites (N-methyl/N-ethyl adjacent to an activating group) is 1. The number of nitriles is 1. The first-order chi connectivity index (χ1) is 22.7. The number of alkyl halides is 3. The lowest BCUT2D eigenvalue weighted by Crippen LogP contribution is -2.55. The average Bonchev–Trinajstić information content (AvgIpc) is 3.50. The van der Waals surface area contributed by atoms with E-state index in [4.69, 9.17) is 19.4 Å². The highest BCUT2D eigenvalue weighted by Crippen LogP contribution is 2.39. The van der Waals surface area contributed by atoms with E-state index in [0.29, 0.717) is 50.7 Å². The summed E-state index contributed by atoms with van der Waals surface area (Å²) in [6.07, 6.45) is -2.38. The van der Waals surface area contributed by atoms with Gasteiger partial charge in [-0.15, -0.1) is 0 Å². The number of likely N-dealkylation sites (tertiary alicyclic amines) is 1. The third kappa shape index (κ3) is 7.38. The first-order valence-electron chi connectivity index (χ1n) is 15.9. The summed E-state index contributed by atoms with van der Waals surface area (Å²) in [7, 11) is 2.05. The summed E-state index contributed by atoms with van der Waals surface area (Å²) in [5.74, 6) is 0.633. The second kappa shape index (κ2) is 14.0. The van der Waals surface area contributed by atoms with Crippen molar-refractivity contribution in [2.24, 2.45) is 0 Å². The third-order valence-corrected chi connectivity index (χ3v) is 9.20. The number of carbonyl (C=O) groups is 1. The number of para-hydroxylation sites is 1. The highest BCUT2D eigenvalue weighted by molar-refractivity contribution is 5.69. The van der Waals surface area contributed by atoms with Crippen LogP contribution in [0.5, 0.6) is 6.01 Å². The van der Waals surface area contributed by atoms with Gasteiger partial charge in [-0.05, 0) is 50.6 Å². The predicted octanol–water partition coefficient (Wildman–Crippen LogP) is 5.27. The number of hydrogen-bond acceptors (Lipinski definition) is 9. The quantitative estimate of drug-likeness (QED) is 0.323. The number of halogens is 3. The molecule has 0 bridgehead atoms. The molecule has 3 aliphatic rings. The molecule has 2 aromatic carbocycles. The lowest BCUT2D eigenvalue weighted by molar-refractivity contribution is -0.137. The number of fused-ring (bicyclic) bond motifs is 1. The highest BCUT2D eigenvalue weighted by atomic mass is 19.4. The summed E-state index contributed by atoms with van der Waals surface area (Å²) in [5.41, 5.74) is 1.74. The normalized spacial score (nSPS) is 20.1. The molecule has 0 N–H and O–H groups in total. The second-order valence-electron chi connectivity index (χ2n) is 12.2. The Hall–Kier alpha value is -4.57. The van der Waals surface area contributed by atoms with E-state index in [9.17, 15) is 23.2 Å². The van der Waals surface area contributed by atoms with E-state index in [-0.39, 0.29) is 37.3 Å². The average molecular weight is 650 g/mol. The molecular weight excluding hydrogens is 611 g/mol. The summed E-state index contributed by atoms with van der Waals surface area (Å²) in [6, 6.07) is 17.1. The van der Waals surface area contributed by atoms with Gasteiger partial charge in [-0.3, -0.25) is 0 Å². The lowest BCUT2D eigenvalue weighted by atomic mass is 10.0. The Kier molecular flexibility index (Phi) is 9.68. The predicted molar refractivity (Wildman–Crippen MR) is 169 cm³/mol. The van der Waals surface area contributed by atoms with Crippen LogP contribution in [0.3, 0.4) is 0 Å². The molecule has 3 aliphatic heterocycles. The van der Waals surface area contributed by atoms with Crippen molar-refractivity contribution in [3.8, 4) is 12.1 Å². The molecule has 0 saturated carbocycles. The molecule has 6 rings (SSSR count). The standard InChI is InChI=1S/C34H38F3N7O3/c1-41-16-7-10-26(41)23-46-32-39-29-21-42(30-12-6-5-11-28(30)34(35,36)37)17-14-27(29)31(40-32)43-18-19-44(25(20-43)13-15-38)33(45)47-22-24-8-3-2-4-9-24/h2-6,8-9,11-12,25-26H,7,10,13-14,16-23H2,1H3/t25?,26-/m0/s1. The van der Waals surface area contributed by atoms with E-state index in [1.807, 2.05) is 35.2 Å². The number of amides is 1. The Morgan fingerprint density at radius 1 is 1.00 bits per heavy atom. The van der Waals surface area contributed by atoms with Gasteiger partial charge in [0.25, 0.3) is 0 Å². The summed E-state index contributed by atoms with van der Waals surface area (Å²) >= 11 is 0. The molecule has 1 unspecified atom stereocenters. The van der Waals surface area contributed by atoms with Crippen LogP contribution in [0.25, 0.3) is 0 Å². The molecule has 2 saturated heterocycles. The smallest absolute Gasteiger partial charge is 0.418 e. The second-order valence-corrected chi connectivity index (χ2v) is 12.2. The molecule has 4 heterocycles. The van der Waals surface area contributed by atoms with Crippen LogP contribution in [-0.4, -0.2) is 84.3 Å². The van der Waals surface area contributed by atoms with Crippen molar-refractivity contribution in [2.45, 2.75) is 57.1 Å². The summed E-state index contributed by atoms with van der Waals surface area (Å²) in [6.45, 7) is 3.09. The number of carbonyl (C=O) groups excluding carboxylic acids is 1. The minimum absolute atomic E-state index is 0.101. The fourth-order valence-corrected chi connectivity index (χ4v) is 6.64. The van der Waals surface area contributed by atoms with Crippen LogP contribution in [0.15, 0.2) is 54.6 Å². The van der Waals surface area contributed by atoms with Crippen molar-refractivity contribution in [3.05, 3.63) is 77.0 Å². The molecule has 47 heavy (non-hydrogen) atoms. The first-order valence-corrected chi connectivity index (χ1v) is 15.9. The first kappa shape index (κ1) is 32.4. The molecule has 1 amide bonds. The van der Waals surface area contributed by atoms with Gasteiger partial charge in [-0.2, -0.15) is 28.4 Å². The van der Waals surface area contributed by atoms with Gasteiger partial charge in [0, 0.05) is 43.5 Å². The van der Waals surface area contributed by atoms with Gasteiger partial charge in [0.1, 0.15) is 19.0 Å². The maximum atomic E-state index is 13.9. The van der Waals surface area contributed by atoms with E-state index >= 15 is 0 Å². The van der Waals surface area contributed by atoms with Crippen molar-refractivity contribution >= 4 is 17.6 Å². The molecule has 2 atom stereocenters. The van der Waals surface area contributed by atoms with Gasteiger partial charge < -0.3 is 29.1 Å². The van der Waals surface area contributed by atoms with E-state index in [0.717, 1.165) is 36.6 Å². The van der Waals surface area contributed by atoms with Gasteiger partial charge in [-0.25, -0.2) is 4.79 Å². The van der Waals surface area contributed by atoms with E-state index in [1.54, 1.807) is 15.9 Å². The zero-order chi connectivity index (χ0) is 33.0. The zero-order valence-corrected chi connectivity index (χ0v) is 26.3. The number of hydrogen-bond donors (Lipinski definition) is 0. The third-order valence-electron chi connectivity index (χ3n) is 9.20. The molecular formula is C34H38F3N7O3. The lowest BCUT2D eigenvalue weighted by Gasteiger charge is -2.42. The highest BCUT2D eigenvalue weighted by Gasteiger charge is 2.37. The fraction of sp³-hybridized carbons (Fsp3) is 0.471. The Morgan fingerprint density at radius 2 is 1.79 bits per heavy atom. The van der Waals surface area contributed by atoms with Crippen molar-refractivity contribution in [1.29, 1.82) is 5.26 Å². The van der Waals surface area contributed by atoms with E-state index in [1.165, 1.54) is 12.1 Å². The SMILES string of the molecule is CN1CCC[C@H]1COc1nc2c(c(N3CCN(C(=O)OCc4ccccc4)C(CC#N)C3)n1)CCN(c1ccccc1C(F)(F)F)C2. The van der Waals surface area contributed by atoms with Crippen molar-refractivity contribution in [1.82, 2.24) is 19.8 Å². The molecule has 0 spiro atoms. The van der Waals surface area contributed by atoms with E-state index in [2.05, 4.69) is 18.0 Å². The number of anilines is 2. The van der Waals surface area contributed by atoms with Crippen LogP contribution >= 0.6 is 0 Å². The minimum Gasteiger partial charge on any atom is -0.462 e. The Morgan fingerprint density at radius 3 is 2.53 bits per heavy atom. The van der Waals surface area contributed by atoms with Gasteiger partial charge in [0.15, 0.2) is 0 Å². The summed E-state index contributed by atoms with van der Waals surface area (Å²) in [5, 5.41) is 9.65. The number of rotatable bonds is 8. The number of ether oxygens (including phenoxy) is 2. The molecule has 2 fully saturated rings. The minimum atomic E-state index is -4.49. The maximum absolute atomic E-state index is 13.9. The molecule has 1 aromatic heterocycles. The van der Waals surface area contributed by atoms with Gasteiger partial charge in [0.2, 0.25) is 0 Å². The van der Waals surface area contributed by atoms with Crippen molar-refractivity contribution in [3.63, 3.8) is 0 Å². The number of benzene rings is 2. The number of piperazine rings is 1. The van der Waals surface area contributed by atoms with Crippen LogP contribution in [0.1, 0.15) is 41.6 Å². The molecule has 248 valence electrons. The van der Waals surface area contributed by atoms with Crippen LogP contribution in [0, 0.1) is 11.3 Å². The summed E-state index contributed by atoms with van der Waals surface area (Å²) in [4.78, 5) is 30.3. The fourth-order valence-electron chi connectivity index (χ4n) is 6.64. The van der Waals surface area contributed by atoms with Crippen LogP contribution in [0.4, 0.5) is 29.5 Å². The monoisotopic (exact) mass is 649 g/mol. The van der Waals surface area contributed by atoms with Crippen LogP contribution in [0.2, 0.25) is 0 Å². The van der Waals surface area contributed by atoms with Crippen LogP contribution in [-0.2, 0) is 30.5 Å². The zero-order valence-electron chi connectivity index (χ0n) is 26.3. The Balaban J connectivity index is 1.26. The maximum Gasteiger partial charge on any atom is 0.418 e. The molecule has 10 nitrogen and oxygen atoms in total. The van der Waals surface area contributed by atoms with Crippen LogP contribution < -0.4 is 14.5 Å². The molecule has 0 radical (unpaired) electrons. The van der Waals surface area contributed by atoms with Crippen molar-refractivity contribution in [2.75, 3.05) is 56.2 Å². The van der Waals surface area contributed by atoms with Gasteiger partial charge in [-0.1, -0.05) is 42.5 Å². The Bertz CT molecular complexity index is 1600.